The topological polar surface area (TPSA) is 54.4 Å². The monoisotopic (exact) mass is 294 g/mol. The van der Waals surface area contributed by atoms with Crippen molar-refractivity contribution < 1.29 is 27.3 Å². The Morgan fingerprint density at radius 1 is 1.21 bits per heavy atom. The van der Waals surface area contributed by atoms with Gasteiger partial charge in [0.1, 0.15) is 4.75 Å². The molecular weight excluding hydrogens is 281 g/mol. The van der Waals surface area contributed by atoms with Crippen LogP contribution in [0.4, 0.5) is 13.2 Å². The third-order valence-corrected chi connectivity index (χ3v) is 4.57. The van der Waals surface area contributed by atoms with Gasteiger partial charge in [-0.2, -0.15) is 13.2 Å². The first-order chi connectivity index (χ1) is 8.55. The Morgan fingerprint density at radius 3 is 2.05 bits per heavy atom. The van der Waals surface area contributed by atoms with Crippen LogP contribution in [-0.2, 0) is 27.5 Å². The Kier molecular flexibility index (Phi) is 4.39. The number of carbonyl (C=O) groups is 1. The lowest BCUT2D eigenvalue weighted by atomic mass is 10.1. The maximum Gasteiger partial charge on any atom is 0.416 e. The van der Waals surface area contributed by atoms with Crippen LogP contribution in [0.1, 0.15) is 25.0 Å². The maximum atomic E-state index is 12.3. The largest absolute Gasteiger partial charge is 0.480 e. The SMILES string of the molecule is CC(C)(C(=O)O)S(=O)Cc1ccc(C(F)(F)F)cc1. The molecule has 0 spiro atoms. The van der Waals surface area contributed by atoms with Crippen LogP contribution in [0.5, 0.6) is 0 Å². The van der Waals surface area contributed by atoms with E-state index in [1.807, 2.05) is 0 Å². The Hall–Kier alpha value is -1.37. The van der Waals surface area contributed by atoms with Gasteiger partial charge in [0.05, 0.1) is 5.56 Å². The standard InChI is InChI=1S/C12H13F3O3S/c1-11(2,10(16)17)19(18)7-8-3-5-9(6-4-8)12(13,14)15/h3-6H,7H2,1-2H3,(H,16,17). The summed E-state index contributed by atoms with van der Waals surface area (Å²) in [5, 5.41) is 8.90. The van der Waals surface area contributed by atoms with Gasteiger partial charge < -0.3 is 5.11 Å². The molecule has 1 aromatic rings. The molecule has 0 heterocycles. The van der Waals surface area contributed by atoms with Crippen LogP contribution in [0, 0.1) is 0 Å². The van der Waals surface area contributed by atoms with Gasteiger partial charge in [-0.05, 0) is 31.5 Å². The average Bonchev–Trinajstić information content (AvgIpc) is 2.28. The predicted molar refractivity (Wildman–Crippen MR) is 65.0 cm³/mol. The molecule has 0 saturated heterocycles. The van der Waals surface area contributed by atoms with Crippen LogP contribution >= 0.6 is 0 Å². The Morgan fingerprint density at radius 2 is 1.68 bits per heavy atom. The van der Waals surface area contributed by atoms with Crippen molar-refractivity contribution in [2.75, 3.05) is 0 Å². The van der Waals surface area contributed by atoms with E-state index in [2.05, 4.69) is 0 Å². The van der Waals surface area contributed by atoms with Gasteiger partial charge in [0.2, 0.25) is 0 Å². The van der Waals surface area contributed by atoms with Gasteiger partial charge in [-0.1, -0.05) is 12.1 Å². The van der Waals surface area contributed by atoms with Crippen molar-refractivity contribution in [1.29, 1.82) is 0 Å². The highest BCUT2D eigenvalue weighted by Gasteiger charge is 2.34. The summed E-state index contributed by atoms with van der Waals surface area (Å²) in [5.74, 6) is -1.31. The lowest BCUT2D eigenvalue weighted by Crippen LogP contribution is -2.37. The second-order valence-electron chi connectivity index (χ2n) is 4.50. The number of carboxylic acids is 1. The maximum absolute atomic E-state index is 12.3. The number of alkyl halides is 3. The van der Waals surface area contributed by atoms with E-state index in [0.717, 1.165) is 12.1 Å². The summed E-state index contributed by atoms with van der Waals surface area (Å²) in [6.07, 6.45) is -4.42. The normalized spacial score (nSPS) is 14.2. The molecule has 0 aliphatic rings. The van der Waals surface area contributed by atoms with Crippen molar-refractivity contribution in [3.63, 3.8) is 0 Å². The number of halogens is 3. The molecule has 0 aliphatic carbocycles. The fourth-order valence-electron chi connectivity index (χ4n) is 1.22. The van der Waals surface area contributed by atoms with Gasteiger partial charge in [0, 0.05) is 16.6 Å². The minimum atomic E-state index is -4.42. The average molecular weight is 294 g/mol. The summed E-state index contributed by atoms with van der Waals surface area (Å²) in [6, 6.07) is 4.19. The number of hydrogen-bond acceptors (Lipinski definition) is 2. The second-order valence-corrected chi connectivity index (χ2v) is 6.50. The van der Waals surface area contributed by atoms with Crippen LogP contribution in [-0.4, -0.2) is 20.0 Å². The molecule has 0 amide bonds. The Labute approximate surface area is 110 Å². The quantitative estimate of drug-likeness (QED) is 0.929. The van der Waals surface area contributed by atoms with E-state index in [-0.39, 0.29) is 5.75 Å². The molecule has 1 aromatic carbocycles. The molecule has 0 aromatic heterocycles. The minimum Gasteiger partial charge on any atom is -0.480 e. The third-order valence-electron chi connectivity index (χ3n) is 2.66. The van der Waals surface area contributed by atoms with E-state index in [9.17, 15) is 22.2 Å². The molecule has 1 rings (SSSR count). The first-order valence-electron chi connectivity index (χ1n) is 5.33. The summed E-state index contributed by atoms with van der Waals surface area (Å²) in [7, 11) is -1.72. The molecule has 0 saturated carbocycles. The van der Waals surface area contributed by atoms with Crippen LogP contribution in [0.2, 0.25) is 0 Å². The number of rotatable bonds is 4. The van der Waals surface area contributed by atoms with Crippen LogP contribution in [0.3, 0.4) is 0 Å². The molecule has 1 N–H and O–H groups in total. The fourth-order valence-corrected chi connectivity index (χ4v) is 2.27. The zero-order valence-corrected chi connectivity index (χ0v) is 11.1. The molecule has 106 valence electrons. The number of hydrogen-bond donors (Lipinski definition) is 1. The number of aliphatic carboxylic acids is 1. The first kappa shape index (κ1) is 15.7. The van der Waals surface area contributed by atoms with Gasteiger partial charge in [-0.25, -0.2) is 0 Å². The number of carboxylic acid groups (broad SMARTS) is 1. The highest BCUT2D eigenvalue weighted by atomic mass is 32.2. The molecule has 0 aliphatic heterocycles. The molecule has 1 unspecified atom stereocenters. The van der Waals surface area contributed by atoms with E-state index >= 15 is 0 Å². The van der Waals surface area contributed by atoms with Crippen LogP contribution in [0.25, 0.3) is 0 Å². The zero-order valence-electron chi connectivity index (χ0n) is 10.3. The van der Waals surface area contributed by atoms with E-state index in [0.29, 0.717) is 5.56 Å². The molecule has 1 atom stereocenters. The van der Waals surface area contributed by atoms with Crippen LogP contribution < -0.4 is 0 Å². The van der Waals surface area contributed by atoms with Crippen molar-refractivity contribution in [1.82, 2.24) is 0 Å². The summed E-state index contributed by atoms with van der Waals surface area (Å²) in [4.78, 5) is 10.9. The Balaban J connectivity index is 2.85. The lowest BCUT2D eigenvalue weighted by molar-refractivity contribution is -0.139. The third kappa shape index (κ3) is 3.79. The second kappa shape index (κ2) is 5.32. The lowest BCUT2D eigenvalue weighted by Gasteiger charge is -2.18. The summed E-state index contributed by atoms with van der Waals surface area (Å²) >= 11 is 0. The zero-order chi connectivity index (χ0) is 14.8. The molecule has 0 radical (unpaired) electrons. The summed E-state index contributed by atoms with van der Waals surface area (Å²) in [5.41, 5.74) is -0.389. The summed E-state index contributed by atoms with van der Waals surface area (Å²) in [6.45, 7) is 2.63. The highest BCUT2D eigenvalue weighted by Crippen LogP contribution is 2.29. The smallest absolute Gasteiger partial charge is 0.416 e. The molecule has 0 bridgehead atoms. The van der Waals surface area contributed by atoms with Gasteiger partial charge in [-0.3, -0.25) is 9.00 Å². The van der Waals surface area contributed by atoms with E-state index in [1.54, 1.807) is 0 Å². The van der Waals surface area contributed by atoms with Gasteiger partial charge in [0.25, 0.3) is 0 Å². The van der Waals surface area contributed by atoms with Gasteiger partial charge in [0.15, 0.2) is 0 Å². The van der Waals surface area contributed by atoms with E-state index in [1.165, 1.54) is 26.0 Å². The van der Waals surface area contributed by atoms with Crippen molar-refractivity contribution in [2.24, 2.45) is 0 Å². The molecular formula is C12H13F3O3S. The minimum absolute atomic E-state index is 0.0998. The van der Waals surface area contributed by atoms with Crippen molar-refractivity contribution in [3.05, 3.63) is 35.4 Å². The molecule has 19 heavy (non-hydrogen) atoms. The fraction of sp³-hybridized carbons (Fsp3) is 0.417. The summed E-state index contributed by atoms with van der Waals surface area (Å²) < 4.78 is 47.4. The molecule has 7 heteroatoms. The van der Waals surface area contributed by atoms with Crippen molar-refractivity contribution in [2.45, 2.75) is 30.5 Å². The molecule has 0 fully saturated rings. The van der Waals surface area contributed by atoms with E-state index < -0.39 is 33.3 Å². The highest BCUT2D eigenvalue weighted by molar-refractivity contribution is 7.86. The molecule has 3 nitrogen and oxygen atoms in total. The van der Waals surface area contributed by atoms with Gasteiger partial charge in [-0.15, -0.1) is 0 Å². The van der Waals surface area contributed by atoms with Crippen molar-refractivity contribution in [3.8, 4) is 0 Å². The van der Waals surface area contributed by atoms with E-state index in [4.69, 9.17) is 5.11 Å². The Bertz CT molecular complexity index is 492. The predicted octanol–water partition coefficient (Wildman–Crippen LogP) is 2.82. The number of benzene rings is 1. The first-order valence-corrected chi connectivity index (χ1v) is 6.65. The van der Waals surface area contributed by atoms with Crippen LogP contribution in [0.15, 0.2) is 24.3 Å². The van der Waals surface area contributed by atoms with Gasteiger partial charge >= 0.3 is 12.1 Å². The van der Waals surface area contributed by atoms with Crippen molar-refractivity contribution >= 4 is 16.8 Å².